The van der Waals surface area contributed by atoms with Crippen molar-refractivity contribution in [2.45, 2.75) is 38.6 Å². The van der Waals surface area contributed by atoms with Gasteiger partial charge < -0.3 is 19.5 Å². The first-order valence-corrected chi connectivity index (χ1v) is 7.82. The number of fused-ring (bicyclic) bond motifs is 1. The average Bonchev–Trinajstić information content (AvgIpc) is 2.85. The van der Waals surface area contributed by atoms with Gasteiger partial charge in [-0.2, -0.15) is 0 Å². The molecule has 0 bridgehead atoms. The van der Waals surface area contributed by atoms with E-state index in [2.05, 4.69) is 19.2 Å². The number of ether oxygens (including phenoxy) is 3. The molecule has 2 heterocycles. The molecule has 0 spiro atoms. The fourth-order valence-electron chi connectivity index (χ4n) is 2.92. The Bertz CT molecular complexity index is 518. The third-order valence-corrected chi connectivity index (χ3v) is 4.01. The van der Waals surface area contributed by atoms with E-state index in [1.165, 1.54) is 5.56 Å². The summed E-state index contributed by atoms with van der Waals surface area (Å²) in [4.78, 5) is 0. The minimum Gasteiger partial charge on any atom is -0.493 e. The summed E-state index contributed by atoms with van der Waals surface area (Å²) in [5, 5.41) is 4.12. The molecule has 2 aliphatic heterocycles. The number of rotatable bonds is 4. The van der Waals surface area contributed by atoms with Crippen molar-refractivity contribution in [1.29, 1.82) is 0 Å². The van der Waals surface area contributed by atoms with Crippen molar-refractivity contribution < 1.29 is 14.2 Å². The van der Waals surface area contributed by atoms with Crippen LogP contribution in [0.2, 0.25) is 5.02 Å². The zero-order valence-corrected chi connectivity index (χ0v) is 13.3. The van der Waals surface area contributed by atoms with E-state index in [9.17, 15) is 0 Å². The lowest BCUT2D eigenvalue weighted by atomic mass is 10.1. The predicted octanol–water partition coefficient (Wildman–Crippen LogP) is 2.56. The van der Waals surface area contributed by atoms with Crippen LogP contribution in [0.15, 0.2) is 12.1 Å². The van der Waals surface area contributed by atoms with Crippen LogP contribution in [-0.4, -0.2) is 38.0 Å². The van der Waals surface area contributed by atoms with E-state index < -0.39 is 0 Å². The van der Waals surface area contributed by atoms with Gasteiger partial charge in [0.25, 0.3) is 0 Å². The lowest BCUT2D eigenvalue weighted by Crippen LogP contribution is -2.51. The summed E-state index contributed by atoms with van der Waals surface area (Å²) in [6.07, 6.45) is 1.01. The Hall–Kier alpha value is -0.810. The second-order valence-electron chi connectivity index (χ2n) is 6.30. The molecule has 5 heteroatoms. The third kappa shape index (κ3) is 3.69. The van der Waals surface area contributed by atoms with Gasteiger partial charge in [0, 0.05) is 30.1 Å². The Balaban J connectivity index is 1.56. The SMILES string of the molecule is CC1(C)CNCC(COCc2cc(Cl)cc3c2OCC3)O1. The molecule has 3 rings (SSSR count). The molecule has 1 N–H and O–H groups in total. The molecule has 0 aliphatic carbocycles. The van der Waals surface area contributed by atoms with E-state index >= 15 is 0 Å². The van der Waals surface area contributed by atoms with Crippen molar-refractivity contribution in [3.8, 4) is 5.75 Å². The summed E-state index contributed by atoms with van der Waals surface area (Å²) in [7, 11) is 0. The number of benzene rings is 1. The van der Waals surface area contributed by atoms with E-state index in [0.29, 0.717) is 13.2 Å². The summed E-state index contributed by atoms with van der Waals surface area (Å²) in [5.74, 6) is 0.947. The normalized spacial score (nSPS) is 23.7. The van der Waals surface area contributed by atoms with Gasteiger partial charge >= 0.3 is 0 Å². The molecule has 0 radical (unpaired) electrons. The van der Waals surface area contributed by atoms with Crippen LogP contribution in [0.5, 0.6) is 5.75 Å². The van der Waals surface area contributed by atoms with Crippen LogP contribution >= 0.6 is 11.6 Å². The zero-order valence-electron chi connectivity index (χ0n) is 12.6. The van der Waals surface area contributed by atoms with Crippen molar-refractivity contribution in [3.63, 3.8) is 0 Å². The van der Waals surface area contributed by atoms with Crippen LogP contribution in [0.4, 0.5) is 0 Å². The summed E-state index contributed by atoms with van der Waals surface area (Å²) in [6.45, 7) is 7.67. The molecule has 1 fully saturated rings. The quantitative estimate of drug-likeness (QED) is 0.927. The van der Waals surface area contributed by atoms with Crippen LogP contribution in [-0.2, 0) is 22.5 Å². The number of hydrogen-bond acceptors (Lipinski definition) is 4. The molecule has 0 saturated carbocycles. The molecule has 2 aliphatic rings. The molecule has 0 aromatic heterocycles. The molecular weight excluding hydrogens is 290 g/mol. The van der Waals surface area contributed by atoms with Crippen LogP contribution in [0.25, 0.3) is 0 Å². The fraction of sp³-hybridized carbons (Fsp3) is 0.625. The van der Waals surface area contributed by atoms with Gasteiger partial charge in [0.15, 0.2) is 0 Å². The lowest BCUT2D eigenvalue weighted by molar-refractivity contribution is -0.122. The van der Waals surface area contributed by atoms with Gasteiger partial charge in [0.1, 0.15) is 5.75 Å². The summed E-state index contributed by atoms with van der Waals surface area (Å²) >= 11 is 6.15. The first kappa shape index (κ1) is 15.1. The Labute approximate surface area is 130 Å². The minimum absolute atomic E-state index is 0.0851. The first-order valence-electron chi connectivity index (χ1n) is 7.44. The maximum atomic E-state index is 6.15. The molecule has 1 aromatic rings. The van der Waals surface area contributed by atoms with E-state index in [0.717, 1.165) is 42.5 Å². The third-order valence-electron chi connectivity index (χ3n) is 3.80. The summed E-state index contributed by atoms with van der Waals surface area (Å²) < 4.78 is 17.5. The second-order valence-corrected chi connectivity index (χ2v) is 6.73. The van der Waals surface area contributed by atoms with Crippen LogP contribution < -0.4 is 10.1 Å². The maximum absolute atomic E-state index is 6.15. The van der Waals surface area contributed by atoms with E-state index in [-0.39, 0.29) is 11.7 Å². The smallest absolute Gasteiger partial charge is 0.128 e. The number of halogens is 1. The molecule has 1 unspecified atom stereocenters. The zero-order chi connectivity index (χ0) is 14.9. The van der Waals surface area contributed by atoms with Gasteiger partial charge in [0.05, 0.1) is 31.5 Å². The van der Waals surface area contributed by atoms with Gasteiger partial charge in [-0.25, -0.2) is 0 Å². The molecule has 116 valence electrons. The first-order chi connectivity index (χ1) is 10.0. The van der Waals surface area contributed by atoms with Gasteiger partial charge in [-0.15, -0.1) is 0 Å². The Morgan fingerprint density at radius 2 is 2.29 bits per heavy atom. The van der Waals surface area contributed by atoms with Gasteiger partial charge in [-0.3, -0.25) is 0 Å². The van der Waals surface area contributed by atoms with E-state index in [1.807, 2.05) is 12.1 Å². The second kappa shape index (κ2) is 6.13. The van der Waals surface area contributed by atoms with E-state index in [4.69, 9.17) is 25.8 Å². The van der Waals surface area contributed by atoms with Crippen molar-refractivity contribution >= 4 is 11.6 Å². The average molecular weight is 312 g/mol. The molecule has 4 nitrogen and oxygen atoms in total. The lowest BCUT2D eigenvalue weighted by Gasteiger charge is -2.36. The number of hydrogen-bond donors (Lipinski definition) is 1. The standard InChI is InChI=1S/C16H22ClNO3/c1-16(2)10-18-7-14(21-16)9-19-8-12-6-13(17)5-11-3-4-20-15(11)12/h5-6,14,18H,3-4,7-10H2,1-2H3. The summed E-state index contributed by atoms with van der Waals surface area (Å²) in [5.41, 5.74) is 2.07. The summed E-state index contributed by atoms with van der Waals surface area (Å²) in [6, 6.07) is 3.90. The van der Waals surface area contributed by atoms with Crippen molar-refractivity contribution in [2.75, 3.05) is 26.3 Å². The minimum atomic E-state index is -0.132. The molecular formula is C16H22ClNO3. The van der Waals surface area contributed by atoms with Crippen molar-refractivity contribution in [2.24, 2.45) is 0 Å². The van der Waals surface area contributed by atoms with Crippen molar-refractivity contribution in [3.05, 3.63) is 28.3 Å². The van der Waals surface area contributed by atoms with Gasteiger partial charge in [-0.05, 0) is 31.5 Å². The van der Waals surface area contributed by atoms with Crippen LogP contribution in [0.3, 0.4) is 0 Å². The Kier molecular flexibility index (Phi) is 4.41. The molecule has 1 aromatic carbocycles. The topological polar surface area (TPSA) is 39.7 Å². The highest BCUT2D eigenvalue weighted by Crippen LogP contribution is 2.33. The molecule has 1 atom stereocenters. The fourth-order valence-corrected chi connectivity index (χ4v) is 3.18. The van der Waals surface area contributed by atoms with Crippen molar-refractivity contribution in [1.82, 2.24) is 5.32 Å². The highest BCUT2D eigenvalue weighted by atomic mass is 35.5. The Morgan fingerprint density at radius 3 is 3.10 bits per heavy atom. The highest BCUT2D eigenvalue weighted by molar-refractivity contribution is 6.30. The Morgan fingerprint density at radius 1 is 1.43 bits per heavy atom. The molecule has 0 amide bonds. The van der Waals surface area contributed by atoms with E-state index in [1.54, 1.807) is 0 Å². The maximum Gasteiger partial charge on any atom is 0.128 e. The van der Waals surface area contributed by atoms with Gasteiger partial charge in [0.2, 0.25) is 0 Å². The predicted molar refractivity (Wildman–Crippen MR) is 82.1 cm³/mol. The number of nitrogens with one attached hydrogen (secondary N) is 1. The monoisotopic (exact) mass is 311 g/mol. The largest absolute Gasteiger partial charge is 0.493 e. The molecule has 1 saturated heterocycles. The molecule has 21 heavy (non-hydrogen) atoms. The highest BCUT2D eigenvalue weighted by Gasteiger charge is 2.28. The van der Waals surface area contributed by atoms with Gasteiger partial charge in [-0.1, -0.05) is 11.6 Å². The number of morpholine rings is 1. The van der Waals surface area contributed by atoms with Crippen LogP contribution in [0.1, 0.15) is 25.0 Å². The van der Waals surface area contributed by atoms with Crippen LogP contribution in [0, 0.1) is 0 Å².